The van der Waals surface area contributed by atoms with Crippen LogP contribution in [0.3, 0.4) is 0 Å². The maximum absolute atomic E-state index is 12.9. The van der Waals surface area contributed by atoms with Gasteiger partial charge in [0.05, 0.1) is 21.0 Å². The number of sulfone groups is 1. The lowest BCUT2D eigenvalue weighted by atomic mass is 10.1. The van der Waals surface area contributed by atoms with E-state index in [9.17, 15) is 8.42 Å². The Morgan fingerprint density at radius 1 is 1.08 bits per heavy atom. The molecule has 1 saturated heterocycles. The van der Waals surface area contributed by atoms with E-state index in [0.29, 0.717) is 6.04 Å². The average molecular weight is 367 g/mol. The van der Waals surface area contributed by atoms with Crippen molar-refractivity contribution >= 4 is 26.4 Å². The van der Waals surface area contributed by atoms with Gasteiger partial charge in [-0.1, -0.05) is 30.3 Å². The minimum atomic E-state index is -3.57. The van der Waals surface area contributed by atoms with Crippen LogP contribution in [-0.4, -0.2) is 39.1 Å². The minimum Gasteiger partial charge on any atom is -0.365 e. The van der Waals surface area contributed by atoms with Gasteiger partial charge in [-0.25, -0.2) is 8.42 Å². The van der Waals surface area contributed by atoms with E-state index in [0.717, 1.165) is 36.2 Å². The van der Waals surface area contributed by atoms with Crippen LogP contribution in [0.15, 0.2) is 70.6 Å². The number of rotatable bonds is 3. The van der Waals surface area contributed by atoms with Gasteiger partial charge < -0.3 is 10.2 Å². The topological polar surface area (TPSA) is 62.3 Å². The highest BCUT2D eigenvalue weighted by atomic mass is 32.2. The third-order valence-electron chi connectivity index (χ3n) is 4.84. The van der Waals surface area contributed by atoms with E-state index in [2.05, 4.69) is 28.2 Å². The van der Waals surface area contributed by atoms with Crippen molar-refractivity contribution < 1.29 is 8.42 Å². The molecule has 26 heavy (non-hydrogen) atoms. The normalized spacial score (nSPS) is 18.2. The molecule has 0 amide bonds. The molecule has 1 aromatic heterocycles. The predicted molar refractivity (Wildman–Crippen MR) is 103 cm³/mol. The fourth-order valence-corrected chi connectivity index (χ4v) is 4.70. The van der Waals surface area contributed by atoms with Gasteiger partial charge in [-0.05, 0) is 31.2 Å². The molecule has 0 unspecified atom stereocenters. The Balaban J connectivity index is 1.80. The van der Waals surface area contributed by atoms with Crippen LogP contribution in [0.2, 0.25) is 0 Å². The molecule has 134 valence electrons. The van der Waals surface area contributed by atoms with E-state index in [-0.39, 0.29) is 9.79 Å². The number of hydrogen-bond donors (Lipinski definition) is 1. The van der Waals surface area contributed by atoms with E-state index < -0.39 is 9.84 Å². The number of benzene rings is 2. The summed E-state index contributed by atoms with van der Waals surface area (Å²) in [7, 11) is -3.57. The van der Waals surface area contributed by atoms with Gasteiger partial charge in [0.1, 0.15) is 0 Å². The third-order valence-corrected chi connectivity index (χ3v) is 6.58. The molecule has 5 nitrogen and oxygen atoms in total. The first-order chi connectivity index (χ1) is 12.6. The number of para-hydroxylation sites is 1. The zero-order valence-corrected chi connectivity index (χ0v) is 15.4. The van der Waals surface area contributed by atoms with E-state index >= 15 is 0 Å². The summed E-state index contributed by atoms with van der Waals surface area (Å²) >= 11 is 0. The van der Waals surface area contributed by atoms with Crippen LogP contribution >= 0.6 is 0 Å². The van der Waals surface area contributed by atoms with Crippen molar-refractivity contribution in [2.45, 2.75) is 22.8 Å². The summed E-state index contributed by atoms with van der Waals surface area (Å²) in [5, 5.41) is 4.23. The van der Waals surface area contributed by atoms with Crippen LogP contribution in [0.4, 0.5) is 5.69 Å². The van der Waals surface area contributed by atoms with E-state index in [4.69, 9.17) is 0 Å². The van der Waals surface area contributed by atoms with Crippen molar-refractivity contribution in [2.75, 3.05) is 24.5 Å². The molecule has 1 atom stereocenters. The molecule has 0 saturated carbocycles. The second-order valence-corrected chi connectivity index (χ2v) is 8.53. The summed E-state index contributed by atoms with van der Waals surface area (Å²) in [5.74, 6) is 0. The van der Waals surface area contributed by atoms with Crippen LogP contribution in [-0.2, 0) is 9.84 Å². The maximum atomic E-state index is 12.9. The Kier molecular flexibility index (Phi) is 4.38. The molecule has 0 bridgehead atoms. The molecule has 1 N–H and O–H groups in total. The molecule has 4 rings (SSSR count). The molecule has 0 aliphatic carbocycles. The van der Waals surface area contributed by atoms with Gasteiger partial charge >= 0.3 is 0 Å². The van der Waals surface area contributed by atoms with E-state index in [1.165, 1.54) is 6.20 Å². The van der Waals surface area contributed by atoms with Crippen molar-refractivity contribution in [3.8, 4) is 0 Å². The molecular formula is C20H21N3O2S. The molecule has 1 aliphatic rings. The lowest BCUT2D eigenvalue weighted by Crippen LogP contribution is -2.50. The van der Waals surface area contributed by atoms with Crippen LogP contribution in [0, 0.1) is 0 Å². The Morgan fingerprint density at radius 3 is 2.65 bits per heavy atom. The van der Waals surface area contributed by atoms with Crippen LogP contribution < -0.4 is 10.2 Å². The number of hydrogen-bond acceptors (Lipinski definition) is 5. The minimum absolute atomic E-state index is 0.224. The monoisotopic (exact) mass is 367 g/mol. The second-order valence-electron chi connectivity index (χ2n) is 6.58. The van der Waals surface area contributed by atoms with Crippen molar-refractivity contribution in [1.29, 1.82) is 0 Å². The Labute approximate surface area is 153 Å². The predicted octanol–water partition coefficient (Wildman–Crippen LogP) is 2.87. The number of piperazine rings is 1. The molecule has 0 radical (unpaired) electrons. The quantitative estimate of drug-likeness (QED) is 0.771. The van der Waals surface area contributed by atoms with Gasteiger partial charge in [-0.2, -0.15) is 0 Å². The molecular weight excluding hydrogens is 346 g/mol. The van der Waals surface area contributed by atoms with Gasteiger partial charge in [-0.15, -0.1) is 0 Å². The Bertz CT molecular complexity index is 1040. The van der Waals surface area contributed by atoms with Crippen LogP contribution in [0.5, 0.6) is 0 Å². The largest absolute Gasteiger partial charge is 0.365 e. The van der Waals surface area contributed by atoms with Crippen LogP contribution in [0.25, 0.3) is 10.9 Å². The zero-order valence-electron chi connectivity index (χ0n) is 14.6. The highest BCUT2D eigenvalue weighted by Crippen LogP contribution is 2.30. The first kappa shape index (κ1) is 17.0. The summed E-state index contributed by atoms with van der Waals surface area (Å²) in [6.45, 7) is 4.95. The smallest absolute Gasteiger partial charge is 0.208 e. The summed E-state index contributed by atoms with van der Waals surface area (Å²) in [6, 6.07) is 16.5. The first-order valence-corrected chi connectivity index (χ1v) is 10.2. The summed E-state index contributed by atoms with van der Waals surface area (Å²) in [4.78, 5) is 7.38. The number of pyridine rings is 1. The maximum Gasteiger partial charge on any atom is 0.208 e. The van der Waals surface area contributed by atoms with Crippen molar-refractivity contribution in [3.05, 3.63) is 60.8 Å². The number of anilines is 1. The number of nitrogens with zero attached hydrogens (tertiary/aromatic N) is 2. The number of nitrogens with one attached hydrogen (secondary N) is 1. The number of fused-ring (bicyclic) bond motifs is 1. The lowest BCUT2D eigenvalue weighted by Gasteiger charge is -2.36. The standard InChI is InChI=1S/C20H21N3O2S/c1-15-13-21-10-11-23(15)19-9-5-6-16-12-18(14-22-20(16)19)26(24,25)17-7-3-2-4-8-17/h2-9,12,14-15,21H,10-11,13H2,1H3/t15-/m1/s1. The van der Waals surface area contributed by atoms with Crippen LogP contribution in [0.1, 0.15) is 6.92 Å². The fraction of sp³-hybridized carbons (Fsp3) is 0.250. The van der Waals surface area contributed by atoms with Crippen molar-refractivity contribution in [3.63, 3.8) is 0 Å². The van der Waals surface area contributed by atoms with Crippen molar-refractivity contribution in [1.82, 2.24) is 10.3 Å². The average Bonchev–Trinajstić information content (AvgIpc) is 2.68. The van der Waals surface area contributed by atoms with E-state index in [1.54, 1.807) is 36.4 Å². The molecule has 2 heterocycles. The zero-order chi connectivity index (χ0) is 18.1. The van der Waals surface area contributed by atoms with Crippen molar-refractivity contribution in [2.24, 2.45) is 0 Å². The summed E-state index contributed by atoms with van der Waals surface area (Å²) < 4.78 is 25.7. The number of aromatic nitrogens is 1. The summed E-state index contributed by atoms with van der Waals surface area (Å²) in [5.41, 5.74) is 1.90. The van der Waals surface area contributed by atoms with Gasteiger partial charge in [0, 0.05) is 37.3 Å². The van der Waals surface area contributed by atoms with E-state index in [1.807, 2.05) is 12.1 Å². The molecule has 3 aromatic rings. The molecule has 2 aromatic carbocycles. The summed E-state index contributed by atoms with van der Waals surface area (Å²) in [6.07, 6.45) is 1.47. The van der Waals surface area contributed by atoms with Gasteiger partial charge in [0.15, 0.2) is 0 Å². The SMILES string of the molecule is C[C@@H]1CNCCN1c1cccc2cc(S(=O)(=O)c3ccccc3)cnc12. The molecule has 6 heteroatoms. The highest BCUT2D eigenvalue weighted by molar-refractivity contribution is 7.91. The molecule has 0 spiro atoms. The third kappa shape index (κ3) is 2.95. The van der Waals surface area contributed by atoms with Gasteiger partial charge in [0.25, 0.3) is 0 Å². The second kappa shape index (κ2) is 6.70. The van der Waals surface area contributed by atoms with Gasteiger partial charge in [0.2, 0.25) is 9.84 Å². The highest BCUT2D eigenvalue weighted by Gasteiger charge is 2.22. The first-order valence-electron chi connectivity index (χ1n) is 8.73. The molecule has 1 fully saturated rings. The Morgan fingerprint density at radius 2 is 1.88 bits per heavy atom. The van der Waals surface area contributed by atoms with Gasteiger partial charge in [-0.3, -0.25) is 4.98 Å². The lowest BCUT2D eigenvalue weighted by molar-refractivity contribution is 0.501. The Hall–Kier alpha value is -2.44. The molecule has 1 aliphatic heterocycles. The fourth-order valence-electron chi connectivity index (χ4n) is 3.44.